The van der Waals surface area contributed by atoms with Gasteiger partial charge in [0.1, 0.15) is 6.29 Å². The summed E-state index contributed by atoms with van der Waals surface area (Å²) >= 11 is 6.81. The molecule has 0 bridgehead atoms. The van der Waals surface area contributed by atoms with E-state index in [1.165, 1.54) is 47.2 Å². The van der Waals surface area contributed by atoms with Crippen molar-refractivity contribution in [1.82, 2.24) is 4.90 Å². The van der Waals surface area contributed by atoms with Crippen LogP contribution < -0.4 is 0 Å². The first-order valence-corrected chi connectivity index (χ1v) is 12.2. The first kappa shape index (κ1) is 20.8. The smallest absolute Gasteiger partial charge is 0.139 e. The molecule has 5 rings (SSSR count). The number of aldehydes is 1. The zero-order valence-electron chi connectivity index (χ0n) is 18.6. The van der Waals surface area contributed by atoms with E-state index in [2.05, 4.69) is 61.2 Å². The van der Waals surface area contributed by atoms with Gasteiger partial charge in [-0.05, 0) is 85.1 Å². The van der Waals surface area contributed by atoms with E-state index < -0.39 is 0 Å². The summed E-state index contributed by atoms with van der Waals surface area (Å²) in [7, 11) is 0. The van der Waals surface area contributed by atoms with E-state index in [-0.39, 0.29) is 0 Å². The third kappa shape index (κ3) is 3.84. The van der Waals surface area contributed by atoms with Gasteiger partial charge < -0.3 is 9.69 Å². The molecule has 0 amide bonds. The Morgan fingerprint density at radius 1 is 1.06 bits per heavy atom. The maximum atomic E-state index is 11.5. The van der Waals surface area contributed by atoms with Crippen LogP contribution in [0, 0.1) is 18.8 Å². The van der Waals surface area contributed by atoms with Crippen molar-refractivity contribution >= 4 is 17.9 Å². The Balaban J connectivity index is 1.58. The monoisotopic (exact) mass is 433 g/mol. The summed E-state index contributed by atoms with van der Waals surface area (Å²) in [6.07, 6.45) is 6.92. The predicted molar refractivity (Wildman–Crippen MR) is 128 cm³/mol. The molecule has 0 spiro atoms. The number of likely N-dealkylation sites (tertiary alicyclic amines) is 1. The van der Waals surface area contributed by atoms with Crippen LogP contribution in [0.25, 0.3) is 0 Å². The number of carbonyl (C=O) groups excluding carboxylic acids is 1. The summed E-state index contributed by atoms with van der Waals surface area (Å²) in [4.78, 5) is 13.9. The van der Waals surface area contributed by atoms with E-state index in [9.17, 15) is 4.79 Å². The Morgan fingerprint density at radius 3 is 2.45 bits per heavy atom. The van der Waals surface area contributed by atoms with Crippen molar-refractivity contribution in [1.29, 1.82) is 0 Å². The number of hydrogen-bond donors (Lipinski definition) is 0. The van der Waals surface area contributed by atoms with E-state index >= 15 is 0 Å². The minimum atomic E-state index is 0.420. The van der Waals surface area contributed by atoms with Crippen LogP contribution in [0.2, 0.25) is 5.02 Å². The average molecular weight is 434 g/mol. The molecule has 3 aliphatic rings. The van der Waals surface area contributed by atoms with Crippen LogP contribution in [-0.2, 0) is 11.2 Å². The summed E-state index contributed by atoms with van der Waals surface area (Å²) in [6, 6.07) is 15.9. The second kappa shape index (κ2) is 8.47. The van der Waals surface area contributed by atoms with Crippen LogP contribution >= 0.6 is 11.6 Å². The number of hydrogen-bond acceptors (Lipinski definition) is 2. The highest BCUT2D eigenvalue weighted by Gasteiger charge is 2.49. The Hall–Kier alpha value is -2.06. The van der Waals surface area contributed by atoms with Crippen molar-refractivity contribution in [3.63, 3.8) is 0 Å². The lowest BCUT2D eigenvalue weighted by atomic mass is 9.63. The fourth-order valence-electron chi connectivity index (χ4n) is 6.27. The summed E-state index contributed by atoms with van der Waals surface area (Å²) in [5.41, 5.74) is 8.44. The van der Waals surface area contributed by atoms with Gasteiger partial charge in [0, 0.05) is 23.2 Å². The molecular formula is C28H32ClNO. The van der Waals surface area contributed by atoms with E-state index in [0.29, 0.717) is 30.2 Å². The van der Waals surface area contributed by atoms with Crippen molar-refractivity contribution in [3.05, 3.63) is 81.0 Å². The third-order valence-electron chi connectivity index (χ3n) is 7.81. The molecule has 0 aromatic heterocycles. The highest BCUT2D eigenvalue weighted by molar-refractivity contribution is 6.31. The van der Waals surface area contributed by atoms with E-state index in [1.54, 1.807) is 5.57 Å². The number of carbonyl (C=O) groups is 1. The Kier molecular flexibility index (Phi) is 5.69. The highest BCUT2D eigenvalue weighted by atomic mass is 35.5. The lowest BCUT2D eigenvalue weighted by Gasteiger charge is -2.41. The maximum Gasteiger partial charge on any atom is 0.139 e. The fourth-order valence-corrected chi connectivity index (χ4v) is 6.65. The van der Waals surface area contributed by atoms with Crippen molar-refractivity contribution in [2.45, 2.75) is 57.8 Å². The van der Waals surface area contributed by atoms with E-state index in [1.807, 2.05) is 0 Å². The van der Waals surface area contributed by atoms with E-state index in [0.717, 1.165) is 30.7 Å². The first-order chi connectivity index (χ1) is 15.1. The summed E-state index contributed by atoms with van der Waals surface area (Å²) < 4.78 is 0. The quantitative estimate of drug-likeness (QED) is 0.491. The van der Waals surface area contributed by atoms with Crippen molar-refractivity contribution in [3.8, 4) is 0 Å². The minimum Gasteiger partial charge on any atom is -0.367 e. The molecule has 3 heteroatoms. The van der Waals surface area contributed by atoms with Crippen LogP contribution in [0.15, 0.2) is 53.7 Å². The molecule has 1 aliphatic heterocycles. The molecule has 162 valence electrons. The molecule has 1 unspecified atom stereocenters. The summed E-state index contributed by atoms with van der Waals surface area (Å²) in [5.74, 6) is 1.96. The topological polar surface area (TPSA) is 20.3 Å². The Morgan fingerprint density at radius 2 is 1.81 bits per heavy atom. The van der Waals surface area contributed by atoms with Crippen LogP contribution in [-0.4, -0.2) is 24.3 Å². The zero-order chi connectivity index (χ0) is 21.5. The predicted octanol–water partition coefficient (Wildman–Crippen LogP) is 6.67. The van der Waals surface area contributed by atoms with Crippen LogP contribution in [0.3, 0.4) is 0 Å². The van der Waals surface area contributed by atoms with Gasteiger partial charge in [-0.1, -0.05) is 60.5 Å². The van der Waals surface area contributed by atoms with Gasteiger partial charge in [-0.2, -0.15) is 0 Å². The van der Waals surface area contributed by atoms with Gasteiger partial charge >= 0.3 is 0 Å². The molecule has 4 atom stereocenters. The molecule has 0 radical (unpaired) electrons. The number of allylic oxidation sites excluding steroid dienone is 2. The highest BCUT2D eigenvalue weighted by Crippen LogP contribution is 2.58. The molecule has 2 aliphatic carbocycles. The maximum absolute atomic E-state index is 11.5. The van der Waals surface area contributed by atoms with Gasteiger partial charge in [0.15, 0.2) is 0 Å². The molecule has 2 aromatic rings. The number of fused-ring (bicyclic) bond motifs is 1. The standard InChI is InChI=1S/C28H32ClNO/c1-3-19-5-7-20(8-6-19)27-23(22-11-4-18(2)16-26(22)29)12-13-24-25(27)17-30(14-15-31)28(24)21-9-10-21/h4-8,11,15-16,23-25,27H,3,9-10,12-14,17H2,1-2H3/t23-,24+,25?,27-/m0/s1. The summed E-state index contributed by atoms with van der Waals surface area (Å²) in [5, 5.41) is 0.905. The van der Waals surface area contributed by atoms with Crippen molar-refractivity contribution < 1.29 is 4.79 Å². The minimum absolute atomic E-state index is 0.420. The molecule has 2 saturated carbocycles. The Bertz CT molecular complexity index is 1000. The van der Waals surface area contributed by atoms with Gasteiger partial charge in [-0.15, -0.1) is 0 Å². The van der Waals surface area contributed by atoms with Gasteiger partial charge in [-0.25, -0.2) is 0 Å². The zero-order valence-corrected chi connectivity index (χ0v) is 19.4. The average Bonchev–Trinajstić information content (AvgIpc) is 3.54. The largest absolute Gasteiger partial charge is 0.367 e. The molecule has 1 heterocycles. The second-order valence-electron chi connectivity index (χ2n) is 9.66. The van der Waals surface area contributed by atoms with Crippen LogP contribution in [0.4, 0.5) is 0 Å². The van der Waals surface area contributed by atoms with Gasteiger partial charge in [0.25, 0.3) is 0 Å². The molecule has 2 aromatic carbocycles. The molecular weight excluding hydrogens is 402 g/mol. The lowest BCUT2D eigenvalue weighted by molar-refractivity contribution is -0.108. The number of aryl methyl sites for hydroxylation is 2. The molecule has 3 fully saturated rings. The molecule has 31 heavy (non-hydrogen) atoms. The first-order valence-electron chi connectivity index (χ1n) is 11.9. The molecule has 2 nitrogen and oxygen atoms in total. The third-order valence-corrected chi connectivity index (χ3v) is 8.14. The normalized spacial score (nSPS) is 27.4. The molecule has 1 saturated heterocycles. The lowest BCUT2D eigenvalue weighted by Crippen LogP contribution is -2.31. The number of rotatable bonds is 5. The fraction of sp³-hybridized carbons (Fsp3) is 0.464. The number of benzene rings is 2. The van der Waals surface area contributed by atoms with Crippen LogP contribution in [0.5, 0.6) is 0 Å². The number of halogens is 1. The van der Waals surface area contributed by atoms with Gasteiger partial charge in [0.05, 0.1) is 6.54 Å². The number of nitrogens with zero attached hydrogens (tertiary/aromatic N) is 1. The Labute approximate surface area is 191 Å². The van der Waals surface area contributed by atoms with E-state index in [4.69, 9.17) is 11.6 Å². The molecule has 0 N–H and O–H groups in total. The summed E-state index contributed by atoms with van der Waals surface area (Å²) in [6.45, 7) is 5.84. The van der Waals surface area contributed by atoms with Crippen molar-refractivity contribution in [2.75, 3.05) is 13.1 Å². The van der Waals surface area contributed by atoms with Crippen molar-refractivity contribution in [2.24, 2.45) is 11.8 Å². The van der Waals surface area contributed by atoms with Gasteiger partial charge in [-0.3, -0.25) is 0 Å². The SMILES string of the molecule is CCc1ccc([C@@H]2C3CN(CC=O)C(=C4CC4)[C@@H]3CC[C@H]2c2ccc(C)cc2Cl)cc1. The van der Waals surface area contributed by atoms with Gasteiger partial charge in [0.2, 0.25) is 0 Å². The second-order valence-corrected chi connectivity index (χ2v) is 10.1. The van der Waals surface area contributed by atoms with Crippen LogP contribution in [0.1, 0.15) is 66.7 Å².